The maximum absolute atomic E-state index is 12.4. The second-order valence-electron chi connectivity index (χ2n) is 4.82. The Hall–Kier alpha value is -0.840. The van der Waals surface area contributed by atoms with E-state index in [4.69, 9.17) is 11.6 Å². The molecule has 2 heterocycles. The molecule has 19 heavy (non-hydrogen) atoms. The Morgan fingerprint density at radius 3 is 2.63 bits per heavy atom. The molecular weight excluding hydrogens is 298 g/mol. The first-order chi connectivity index (χ1) is 9.20. The van der Waals surface area contributed by atoms with Gasteiger partial charge in [0.15, 0.2) is 0 Å². The molecule has 1 saturated carbocycles. The van der Waals surface area contributed by atoms with Gasteiger partial charge >= 0.3 is 0 Å². The maximum atomic E-state index is 12.4. The highest BCUT2D eigenvalue weighted by Crippen LogP contribution is 2.41. The summed E-state index contributed by atoms with van der Waals surface area (Å²) in [6.45, 7) is 0. The molecule has 0 bridgehead atoms. The van der Waals surface area contributed by atoms with Crippen molar-refractivity contribution in [2.24, 2.45) is 0 Å². The molecule has 0 atom stereocenters. The number of carbonyl (C=O) groups is 1. The Balaban J connectivity index is 1.85. The van der Waals surface area contributed by atoms with Crippen LogP contribution >= 0.6 is 34.3 Å². The first kappa shape index (κ1) is 13.2. The smallest absolute Gasteiger partial charge is 0.262 e. The van der Waals surface area contributed by atoms with Gasteiger partial charge in [0, 0.05) is 4.88 Å². The number of thiophene rings is 2. The molecule has 0 unspecified atom stereocenters. The lowest BCUT2D eigenvalue weighted by Crippen LogP contribution is -2.42. The fraction of sp³-hybridized carbons (Fsp3) is 0.357. The minimum atomic E-state index is -0.165. The van der Waals surface area contributed by atoms with E-state index < -0.39 is 0 Å². The Kier molecular flexibility index (Phi) is 3.65. The molecule has 0 saturated heterocycles. The summed E-state index contributed by atoms with van der Waals surface area (Å²) in [7, 11) is 0. The molecule has 5 heteroatoms. The lowest BCUT2D eigenvalue weighted by atomic mass is 9.95. The van der Waals surface area contributed by atoms with Crippen molar-refractivity contribution in [3.63, 3.8) is 0 Å². The van der Waals surface area contributed by atoms with Gasteiger partial charge in [-0.25, -0.2) is 0 Å². The van der Waals surface area contributed by atoms with Gasteiger partial charge in [-0.15, -0.1) is 22.7 Å². The third-order valence-corrected chi connectivity index (χ3v) is 5.90. The Bertz CT molecular complexity index is 570. The van der Waals surface area contributed by atoms with Crippen LogP contribution in [0, 0.1) is 0 Å². The summed E-state index contributed by atoms with van der Waals surface area (Å²) in [5.74, 6) is -0.00722. The largest absolute Gasteiger partial charge is 0.341 e. The molecule has 1 amide bonds. The quantitative estimate of drug-likeness (QED) is 0.877. The van der Waals surface area contributed by atoms with Crippen LogP contribution in [-0.2, 0) is 5.54 Å². The van der Waals surface area contributed by atoms with E-state index in [1.165, 1.54) is 29.1 Å². The van der Waals surface area contributed by atoms with Crippen molar-refractivity contribution in [2.45, 2.75) is 31.2 Å². The van der Waals surface area contributed by atoms with Crippen molar-refractivity contribution >= 4 is 40.2 Å². The van der Waals surface area contributed by atoms with Gasteiger partial charge in [0.2, 0.25) is 0 Å². The number of nitrogens with one attached hydrogen (secondary N) is 1. The van der Waals surface area contributed by atoms with Gasteiger partial charge in [0.25, 0.3) is 5.91 Å². The van der Waals surface area contributed by atoms with Gasteiger partial charge in [-0.1, -0.05) is 30.5 Å². The van der Waals surface area contributed by atoms with Crippen LogP contribution in [0.15, 0.2) is 29.6 Å². The standard InChI is InChI=1S/C14H14ClNOS2/c15-12-6-5-10(19-12)13(17)16-14(7-1-2-8-14)11-4-3-9-18-11/h3-6,9H,1-2,7-8H2,(H,16,17). The Morgan fingerprint density at radius 2 is 2.05 bits per heavy atom. The second kappa shape index (κ2) is 5.27. The third kappa shape index (κ3) is 2.57. The van der Waals surface area contributed by atoms with Gasteiger partial charge in [-0.2, -0.15) is 0 Å². The topological polar surface area (TPSA) is 29.1 Å². The van der Waals surface area contributed by atoms with Crippen LogP contribution in [0.3, 0.4) is 0 Å². The zero-order valence-electron chi connectivity index (χ0n) is 10.3. The summed E-state index contributed by atoms with van der Waals surface area (Å²) in [6, 6.07) is 7.74. The average molecular weight is 312 g/mol. The fourth-order valence-electron chi connectivity index (χ4n) is 2.68. The molecule has 1 N–H and O–H groups in total. The number of rotatable bonds is 3. The highest BCUT2D eigenvalue weighted by atomic mass is 35.5. The normalized spacial score (nSPS) is 17.5. The summed E-state index contributed by atoms with van der Waals surface area (Å²) >= 11 is 8.95. The van der Waals surface area contributed by atoms with Crippen LogP contribution in [0.2, 0.25) is 4.34 Å². The van der Waals surface area contributed by atoms with E-state index in [0.29, 0.717) is 9.21 Å². The van der Waals surface area contributed by atoms with Crippen LogP contribution in [-0.4, -0.2) is 5.91 Å². The van der Waals surface area contributed by atoms with Gasteiger partial charge in [0.1, 0.15) is 0 Å². The molecule has 2 aromatic rings. The molecule has 0 spiro atoms. The van der Waals surface area contributed by atoms with Crippen LogP contribution < -0.4 is 5.32 Å². The number of hydrogen-bond donors (Lipinski definition) is 1. The first-order valence-electron chi connectivity index (χ1n) is 6.31. The summed E-state index contributed by atoms with van der Waals surface area (Å²) in [5, 5.41) is 5.32. The van der Waals surface area contributed by atoms with Crippen molar-refractivity contribution in [3.05, 3.63) is 43.7 Å². The average Bonchev–Trinajstić information content (AvgIpc) is 3.08. The van der Waals surface area contributed by atoms with Crippen LogP contribution in [0.1, 0.15) is 40.2 Å². The number of hydrogen-bond acceptors (Lipinski definition) is 3. The van der Waals surface area contributed by atoms with E-state index in [9.17, 15) is 4.79 Å². The lowest BCUT2D eigenvalue weighted by molar-refractivity contribution is 0.0904. The van der Waals surface area contributed by atoms with Crippen molar-refractivity contribution in [3.8, 4) is 0 Å². The summed E-state index contributed by atoms with van der Waals surface area (Å²) < 4.78 is 0.654. The molecule has 0 aliphatic heterocycles. The molecule has 0 radical (unpaired) electrons. The predicted octanol–water partition coefficient (Wildman–Crippen LogP) is 4.66. The van der Waals surface area contributed by atoms with Gasteiger partial charge in [0.05, 0.1) is 14.8 Å². The van der Waals surface area contributed by atoms with E-state index in [2.05, 4.69) is 16.8 Å². The highest BCUT2D eigenvalue weighted by Gasteiger charge is 2.38. The molecule has 3 rings (SSSR count). The maximum Gasteiger partial charge on any atom is 0.262 e. The fourth-order valence-corrected chi connectivity index (χ4v) is 4.56. The Morgan fingerprint density at radius 1 is 1.26 bits per heavy atom. The van der Waals surface area contributed by atoms with E-state index >= 15 is 0 Å². The molecule has 1 aliphatic rings. The number of halogens is 1. The summed E-state index contributed by atoms with van der Waals surface area (Å²) in [6.07, 6.45) is 4.39. The summed E-state index contributed by atoms with van der Waals surface area (Å²) in [5.41, 5.74) is -0.165. The second-order valence-corrected chi connectivity index (χ2v) is 7.49. The number of amides is 1. The van der Waals surface area contributed by atoms with E-state index in [1.54, 1.807) is 23.5 Å². The van der Waals surface area contributed by atoms with E-state index in [0.717, 1.165) is 12.8 Å². The zero-order valence-corrected chi connectivity index (χ0v) is 12.7. The van der Waals surface area contributed by atoms with Crippen molar-refractivity contribution in [1.82, 2.24) is 5.32 Å². The van der Waals surface area contributed by atoms with Crippen LogP contribution in [0.25, 0.3) is 0 Å². The SMILES string of the molecule is O=C(NC1(c2cccs2)CCCC1)c1ccc(Cl)s1. The van der Waals surface area contributed by atoms with Gasteiger partial charge < -0.3 is 5.32 Å². The van der Waals surface area contributed by atoms with Crippen LogP contribution in [0.5, 0.6) is 0 Å². The molecule has 2 aromatic heterocycles. The highest BCUT2D eigenvalue weighted by molar-refractivity contribution is 7.18. The third-order valence-electron chi connectivity index (χ3n) is 3.60. The first-order valence-corrected chi connectivity index (χ1v) is 8.39. The van der Waals surface area contributed by atoms with Gasteiger partial charge in [-0.3, -0.25) is 4.79 Å². The van der Waals surface area contributed by atoms with Gasteiger partial charge in [-0.05, 0) is 36.4 Å². The molecular formula is C14H14ClNOS2. The van der Waals surface area contributed by atoms with E-state index in [-0.39, 0.29) is 11.4 Å². The summed E-state index contributed by atoms with van der Waals surface area (Å²) in [4.78, 5) is 14.3. The van der Waals surface area contributed by atoms with Crippen molar-refractivity contribution in [1.29, 1.82) is 0 Å². The monoisotopic (exact) mass is 311 g/mol. The predicted molar refractivity (Wildman–Crippen MR) is 81.3 cm³/mol. The minimum absolute atomic E-state index is 0.00722. The van der Waals surface area contributed by atoms with Crippen LogP contribution in [0.4, 0.5) is 0 Å². The molecule has 0 aromatic carbocycles. The van der Waals surface area contributed by atoms with Crippen molar-refractivity contribution < 1.29 is 4.79 Å². The number of carbonyl (C=O) groups excluding carboxylic acids is 1. The zero-order chi connectivity index (χ0) is 13.3. The molecule has 2 nitrogen and oxygen atoms in total. The van der Waals surface area contributed by atoms with E-state index in [1.807, 2.05) is 6.07 Å². The molecule has 1 aliphatic carbocycles. The minimum Gasteiger partial charge on any atom is -0.341 e. The molecule has 1 fully saturated rings. The van der Waals surface area contributed by atoms with Crippen molar-refractivity contribution in [2.75, 3.05) is 0 Å². The lowest BCUT2D eigenvalue weighted by Gasteiger charge is -2.29. The molecule has 100 valence electrons. The Labute approximate surface area is 125 Å².